The molecule has 0 saturated heterocycles. The molecule has 2 aromatic rings. The lowest BCUT2D eigenvalue weighted by molar-refractivity contribution is 0.415. The van der Waals surface area contributed by atoms with E-state index >= 15 is 0 Å². The van der Waals surface area contributed by atoms with Crippen LogP contribution in [0.2, 0.25) is 0 Å². The van der Waals surface area contributed by atoms with Crippen LogP contribution in [0.5, 0.6) is 5.75 Å². The molecule has 0 unspecified atom stereocenters. The maximum absolute atomic E-state index is 5.38. The Labute approximate surface area is 110 Å². The van der Waals surface area contributed by atoms with Crippen molar-refractivity contribution in [2.45, 2.75) is 19.9 Å². The van der Waals surface area contributed by atoms with E-state index in [4.69, 9.17) is 4.74 Å². The van der Waals surface area contributed by atoms with Crippen LogP contribution in [0.25, 0.3) is 11.4 Å². The van der Waals surface area contributed by atoms with E-state index in [0.29, 0.717) is 6.04 Å². The Morgan fingerprint density at radius 3 is 2.65 bits per heavy atom. The Morgan fingerprint density at radius 1 is 1.29 bits per heavy atom. The summed E-state index contributed by atoms with van der Waals surface area (Å²) >= 11 is 3.52. The predicted molar refractivity (Wildman–Crippen MR) is 72.3 cm³/mol. The summed E-state index contributed by atoms with van der Waals surface area (Å²) < 4.78 is 8.49. The SMILES string of the molecule is COc1ccccc1-c1ncc(Br)n1C(C)C. The van der Waals surface area contributed by atoms with Gasteiger partial charge in [-0.15, -0.1) is 0 Å². The van der Waals surface area contributed by atoms with Crippen LogP contribution in [0.15, 0.2) is 35.1 Å². The first-order valence-corrected chi connectivity index (χ1v) is 6.30. The Kier molecular flexibility index (Phi) is 3.52. The van der Waals surface area contributed by atoms with E-state index in [1.165, 1.54) is 0 Å². The smallest absolute Gasteiger partial charge is 0.144 e. The maximum Gasteiger partial charge on any atom is 0.144 e. The standard InChI is InChI=1S/C13H15BrN2O/c1-9(2)16-12(14)8-15-13(16)10-6-4-5-7-11(10)17-3/h4-9H,1-3H3. The van der Waals surface area contributed by atoms with E-state index in [1.807, 2.05) is 30.5 Å². The number of imidazole rings is 1. The van der Waals surface area contributed by atoms with Gasteiger partial charge in [0, 0.05) is 6.04 Å². The van der Waals surface area contributed by atoms with Crippen molar-refractivity contribution in [2.75, 3.05) is 7.11 Å². The fraction of sp³-hybridized carbons (Fsp3) is 0.308. The molecule has 0 atom stereocenters. The number of hydrogen-bond donors (Lipinski definition) is 0. The lowest BCUT2D eigenvalue weighted by Crippen LogP contribution is -2.04. The molecule has 0 aliphatic heterocycles. The van der Waals surface area contributed by atoms with E-state index in [9.17, 15) is 0 Å². The topological polar surface area (TPSA) is 27.1 Å². The highest BCUT2D eigenvalue weighted by Crippen LogP contribution is 2.32. The number of methoxy groups -OCH3 is 1. The van der Waals surface area contributed by atoms with Gasteiger partial charge >= 0.3 is 0 Å². The van der Waals surface area contributed by atoms with E-state index in [0.717, 1.165) is 21.7 Å². The van der Waals surface area contributed by atoms with Crippen molar-refractivity contribution in [3.05, 3.63) is 35.1 Å². The second kappa shape index (κ2) is 4.92. The summed E-state index contributed by atoms with van der Waals surface area (Å²) in [5.74, 6) is 1.76. The second-order valence-electron chi connectivity index (χ2n) is 4.07. The molecule has 2 rings (SSSR count). The van der Waals surface area contributed by atoms with E-state index in [-0.39, 0.29) is 0 Å². The zero-order valence-corrected chi connectivity index (χ0v) is 11.7. The first kappa shape index (κ1) is 12.2. The molecule has 0 aliphatic carbocycles. The number of benzene rings is 1. The second-order valence-corrected chi connectivity index (χ2v) is 4.88. The van der Waals surface area contributed by atoms with Crippen LogP contribution in [0.4, 0.5) is 0 Å². The van der Waals surface area contributed by atoms with Gasteiger partial charge < -0.3 is 9.30 Å². The number of aromatic nitrogens is 2. The molecular formula is C13H15BrN2O. The first-order valence-electron chi connectivity index (χ1n) is 5.51. The summed E-state index contributed by atoms with van der Waals surface area (Å²) in [6.45, 7) is 4.26. The van der Waals surface area contributed by atoms with Crippen LogP contribution < -0.4 is 4.74 Å². The summed E-state index contributed by atoms with van der Waals surface area (Å²) in [4.78, 5) is 4.45. The molecule has 17 heavy (non-hydrogen) atoms. The molecule has 0 amide bonds. The molecule has 0 spiro atoms. The van der Waals surface area contributed by atoms with Crippen molar-refractivity contribution in [2.24, 2.45) is 0 Å². The summed E-state index contributed by atoms with van der Waals surface area (Å²) in [5.41, 5.74) is 1.01. The van der Waals surface area contributed by atoms with Gasteiger partial charge in [0.15, 0.2) is 0 Å². The van der Waals surface area contributed by atoms with Crippen LogP contribution in [0.1, 0.15) is 19.9 Å². The molecule has 4 heteroatoms. The highest BCUT2D eigenvalue weighted by atomic mass is 79.9. The van der Waals surface area contributed by atoms with Gasteiger partial charge in [-0.1, -0.05) is 12.1 Å². The molecule has 3 nitrogen and oxygen atoms in total. The number of nitrogens with zero attached hydrogens (tertiary/aromatic N) is 2. The van der Waals surface area contributed by atoms with Gasteiger partial charge in [-0.25, -0.2) is 4.98 Å². The van der Waals surface area contributed by atoms with Gasteiger partial charge in [0.1, 0.15) is 16.2 Å². The molecule has 0 N–H and O–H groups in total. The average Bonchev–Trinajstić information content (AvgIpc) is 2.71. The number of rotatable bonds is 3. The van der Waals surface area contributed by atoms with Gasteiger partial charge in [0.05, 0.1) is 18.9 Å². The van der Waals surface area contributed by atoms with Crippen molar-refractivity contribution in [1.29, 1.82) is 0 Å². The van der Waals surface area contributed by atoms with Gasteiger partial charge in [0.25, 0.3) is 0 Å². The lowest BCUT2D eigenvalue weighted by atomic mass is 10.2. The molecule has 1 heterocycles. The Balaban J connectivity index is 2.60. The zero-order valence-electron chi connectivity index (χ0n) is 10.1. The van der Waals surface area contributed by atoms with Crippen molar-refractivity contribution in [3.63, 3.8) is 0 Å². The van der Waals surface area contributed by atoms with Crippen LogP contribution in [0.3, 0.4) is 0 Å². The minimum atomic E-state index is 0.340. The zero-order chi connectivity index (χ0) is 12.4. The first-order chi connectivity index (χ1) is 8.15. The molecule has 0 fully saturated rings. The fourth-order valence-electron chi connectivity index (χ4n) is 1.86. The number of para-hydroxylation sites is 1. The van der Waals surface area contributed by atoms with Crippen LogP contribution >= 0.6 is 15.9 Å². The third kappa shape index (κ3) is 2.22. The average molecular weight is 295 g/mol. The van der Waals surface area contributed by atoms with Crippen LogP contribution in [-0.2, 0) is 0 Å². The monoisotopic (exact) mass is 294 g/mol. The third-order valence-corrected chi connectivity index (χ3v) is 3.20. The molecule has 90 valence electrons. The van der Waals surface area contributed by atoms with Gasteiger partial charge in [0.2, 0.25) is 0 Å². The highest BCUT2D eigenvalue weighted by molar-refractivity contribution is 9.10. The highest BCUT2D eigenvalue weighted by Gasteiger charge is 2.15. The molecular weight excluding hydrogens is 280 g/mol. The van der Waals surface area contributed by atoms with Crippen molar-refractivity contribution >= 4 is 15.9 Å². The fourth-order valence-corrected chi connectivity index (χ4v) is 2.54. The normalized spacial score (nSPS) is 10.9. The van der Waals surface area contributed by atoms with Crippen molar-refractivity contribution in [1.82, 2.24) is 9.55 Å². The Morgan fingerprint density at radius 2 is 2.00 bits per heavy atom. The molecule has 0 saturated carbocycles. The Bertz CT molecular complexity index is 520. The summed E-state index contributed by atoms with van der Waals surface area (Å²) in [7, 11) is 1.68. The molecule has 0 aliphatic rings. The third-order valence-electron chi connectivity index (χ3n) is 2.62. The summed E-state index contributed by atoms with van der Waals surface area (Å²) in [6.07, 6.45) is 1.82. The van der Waals surface area contributed by atoms with Crippen molar-refractivity contribution < 1.29 is 4.74 Å². The van der Waals surface area contributed by atoms with Crippen molar-refractivity contribution in [3.8, 4) is 17.1 Å². The molecule has 0 radical (unpaired) electrons. The largest absolute Gasteiger partial charge is 0.496 e. The molecule has 1 aromatic heterocycles. The van der Waals surface area contributed by atoms with Crippen LogP contribution in [0, 0.1) is 0 Å². The number of halogens is 1. The minimum absolute atomic E-state index is 0.340. The van der Waals surface area contributed by atoms with Gasteiger partial charge in [-0.2, -0.15) is 0 Å². The summed E-state index contributed by atoms with van der Waals surface area (Å²) in [5, 5.41) is 0. The van der Waals surface area contributed by atoms with Gasteiger partial charge in [-0.3, -0.25) is 0 Å². The summed E-state index contributed by atoms with van der Waals surface area (Å²) in [6, 6.07) is 8.26. The van der Waals surface area contributed by atoms with Crippen LogP contribution in [-0.4, -0.2) is 16.7 Å². The van der Waals surface area contributed by atoms with Gasteiger partial charge in [-0.05, 0) is 41.9 Å². The number of ether oxygens (including phenoxy) is 1. The Hall–Kier alpha value is -1.29. The maximum atomic E-state index is 5.38. The molecule has 0 bridgehead atoms. The minimum Gasteiger partial charge on any atom is -0.496 e. The quantitative estimate of drug-likeness (QED) is 0.858. The van der Waals surface area contributed by atoms with E-state index < -0.39 is 0 Å². The lowest BCUT2D eigenvalue weighted by Gasteiger charge is -2.14. The molecule has 1 aromatic carbocycles. The predicted octanol–water partition coefficient (Wildman–Crippen LogP) is 3.90. The number of hydrogen-bond acceptors (Lipinski definition) is 2. The van der Waals surface area contributed by atoms with E-state index in [1.54, 1.807) is 7.11 Å². The van der Waals surface area contributed by atoms with E-state index in [2.05, 4.69) is 39.3 Å².